The third-order valence-corrected chi connectivity index (χ3v) is 4.51. The summed E-state index contributed by atoms with van der Waals surface area (Å²) in [5.74, 6) is -0.441. The Labute approximate surface area is 139 Å². The summed E-state index contributed by atoms with van der Waals surface area (Å²) in [7, 11) is 0. The van der Waals surface area contributed by atoms with Crippen LogP contribution in [0.25, 0.3) is 0 Å². The van der Waals surface area contributed by atoms with Crippen molar-refractivity contribution in [1.29, 1.82) is 0 Å². The number of benzene rings is 1. The Bertz CT molecular complexity index is 562. The first kappa shape index (κ1) is 17.1. The number of rotatable bonds is 4. The predicted octanol–water partition coefficient (Wildman–Crippen LogP) is 2.04. The molecule has 1 fully saturated rings. The second-order valence-electron chi connectivity index (χ2n) is 4.98. The molecule has 0 aliphatic carbocycles. The molecule has 0 aromatic heterocycles. The summed E-state index contributed by atoms with van der Waals surface area (Å²) in [6.45, 7) is 3.87. The molecule has 2 rings (SSSR count). The number of amides is 2. The molecule has 1 aromatic carbocycles. The molecule has 1 saturated heterocycles. The van der Waals surface area contributed by atoms with Gasteiger partial charge in [0.25, 0.3) is 5.91 Å². The van der Waals surface area contributed by atoms with Gasteiger partial charge in [-0.25, -0.2) is 0 Å². The average Bonchev–Trinajstić information content (AvgIpc) is 2.55. The van der Waals surface area contributed by atoms with Gasteiger partial charge in [0.1, 0.15) is 6.04 Å². The fourth-order valence-corrected chi connectivity index (χ4v) is 2.84. The molecule has 1 aromatic rings. The van der Waals surface area contributed by atoms with E-state index in [1.54, 1.807) is 24.0 Å². The van der Waals surface area contributed by atoms with Crippen LogP contribution in [0.2, 0.25) is 5.02 Å². The highest BCUT2D eigenvalue weighted by Gasteiger charge is 2.24. The molecule has 0 saturated carbocycles. The van der Waals surface area contributed by atoms with E-state index in [0.29, 0.717) is 36.9 Å². The molecule has 1 atom stereocenters. The van der Waals surface area contributed by atoms with Crippen LogP contribution in [0, 0.1) is 0 Å². The van der Waals surface area contributed by atoms with Crippen LogP contribution in [0.1, 0.15) is 17.3 Å². The minimum Gasteiger partial charge on any atom is -0.378 e. The van der Waals surface area contributed by atoms with Gasteiger partial charge in [0, 0.05) is 18.0 Å². The zero-order valence-electron chi connectivity index (χ0n) is 12.6. The smallest absolute Gasteiger partial charge is 0.253 e. The van der Waals surface area contributed by atoms with Gasteiger partial charge >= 0.3 is 0 Å². The van der Waals surface area contributed by atoms with Gasteiger partial charge in [-0.3, -0.25) is 9.59 Å². The third-order valence-electron chi connectivity index (χ3n) is 3.46. The summed E-state index contributed by atoms with van der Waals surface area (Å²) in [4.78, 5) is 27.3. The first-order valence-electron chi connectivity index (χ1n) is 7.04. The lowest BCUT2D eigenvalue weighted by Gasteiger charge is -2.29. The zero-order valence-corrected chi connectivity index (χ0v) is 14.2. The molecule has 22 heavy (non-hydrogen) atoms. The molecule has 1 N–H and O–H groups in total. The number of hydrogen-bond acceptors (Lipinski definition) is 4. The van der Waals surface area contributed by atoms with E-state index in [-0.39, 0.29) is 11.8 Å². The largest absolute Gasteiger partial charge is 0.378 e. The minimum absolute atomic E-state index is 0.103. The van der Waals surface area contributed by atoms with E-state index in [1.807, 2.05) is 12.3 Å². The van der Waals surface area contributed by atoms with E-state index < -0.39 is 6.04 Å². The van der Waals surface area contributed by atoms with Crippen LogP contribution >= 0.6 is 23.4 Å². The number of nitrogens with one attached hydrogen (secondary N) is 1. The summed E-state index contributed by atoms with van der Waals surface area (Å²) >= 11 is 7.61. The van der Waals surface area contributed by atoms with Gasteiger partial charge in [-0.2, -0.15) is 0 Å². The summed E-state index contributed by atoms with van der Waals surface area (Å²) in [6.07, 6.45) is 1.93. The fraction of sp³-hybridized carbons (Fsp3) is 0.467. The Kier molecular flexibility index (Phi) is 6.11. The molecule has 0 radical (unpaired) electrons. The van der Waals surface area contributed by atoms with Crippen LogP contribution in [-0.2, 0) is 9.53 Å². The maximum Gasteiger partial charge on any atom is 0.253 e. The zero-order chi connectivity index (χ0) is 16.1. The molecule has 1 aliphatic rings. The second kappa shape index (κ2) is 7.85. The van der Waals surface area contributed by atoms with Gasteiger partial charge in [0.05, 0.1) is 23.8 Å². The van der Waals surface area contributed by atoms with Gasteiger partial charge in [-0.05, 0) is 31.4 Å². The first-order chi connectivity index (χ1) is 10.5. The molecule has 7 heteroatoms. The van der Waals surface area contributed by atoms with Crippen molar-refractivity contribution in [3.63, 3.8) is 0 Å². The van der Waals surface area contributed by atoms with Crippen molar-refractivity contribution in [1.82, 2.24) is 10.2 Å². The van der Waals surface area contributed by atoms with Crippen LogP contribution in [0.4, 0.5) is 0 Å². The highest BCUT2D eigenvalue weighted by molar-refractivity contribution is 7.98. The maximum absolute atomic E-state index is 12.3. The average molecular weight is 343 g/mol. The predicted molar refractivity (Wildman–Crippen MR) is 87.6 cm³/mol. The van der Waals surface area contributed by atoms with Crippen molar-refractivity contribution < 1.29 is 14.3 Å². The van der Waals surface area contributed by atoms with Crippen molar-refractivity contribution in [2.45, 2.75) is 17.9 Å². The molecule has 1 heterocycles. The lowest BCUT2D eigenvalue weighted by Crippen LogP contribution is -2.50. The number of nitrogens with zero attached hydrogens (tertiary/aromatic N) is 1. The number of thioether (sulfide) groups is 1. The summed E-state index contributed by atoms with van der Waals surface area (Å²) in [6, 6.07) is 4.68. The topological polar surface area (TPSA) is 58.6 Å². The highest BCUT2D eigenvalue weighted by Crippen LogP contribution is 2.23. The highest BCUT2D eigenvalue weighted by atomic mass is 35.5. The van der Waals surface area contributed by atoms with E-state index in [2.05, 4.69) is 5.32 Å². The number of morpholine rings is 1. The Hall–Kier alpha value is -1.24. The Morgan fingerprint density at radius 3 is 2.68 bits per heavy atom. The van der Waals surface area contributed by atoms with Crippen molar-refractivity contribution >= 4 is 35.2 Å². The van der Waals surface area contributed by atoms with E-state index in [4.69, 9.17) is 16.3 Å². The summed E-state index contributed by atoms with van der Waals surface area (Å²) < 4.78 is 5.22. The molecule has 1 aliphatic heterocycles. The van der Waals surface area contributed by atoms with Crippen LogP contribution < -0.4 is 5.32 Å². The van der Waals surface area contributed by atoms with E-state index >= 15 is 0 Å². The van der Waals surface area contributed by atoms with Gasteiger partial charge < -0.3 is 15.0 Å². The van der Waals surface area contributed by atoms with Crippen LogP contribution in [0.5, 0.6) is 0 Å². The molecule has 120 valence electrons. The quantitative estimate of drug-likeness (QED) is 0.851. The van der Waals surface area contributed by atoms with Crippen molar-refractivity contribution in [3.05, 3.63) is 28.8 Å². The standard InChI is InChI=1S/C15H19ClN2O3S/c1-10(15(20)18-5-7-21-8-6-18)17-14(19)12-9-11(22-2)3-4-13(12)16/h3-4,9-10H,5-8H2,1-2H3,(H,17,19)/t10-/m0/s1. The van der Waals surface area contributed by atoms with E-state index in [0.717, 1.165) is 4.90 Å². The minimum atomic E-state index is -0.598. The van der Waals surface area contributed by atoms with Gasteiger partial charge in [-0.15, -0.1) is 11.8 Å². The number of ether oxygens (including phenoxy) is 1. The third kappa shape index (κ3) is 4.15. The van der Waals surface area contributed by atoms with Gasteiger partial charge in [-0.1, -0.05) is 11.6 Å². The van der Waals surface area contributed by atoms with E-state index in [1.165, 1.54) is 11.8 Å². The lowest BCUT2D eigenvalue weighted by atomic mass is 10.2. The molecule has 2 amide bonds. The number of hydrogen-bond donors (Lipinski definition) is 1. The lowest BCUT2D eigenvalue weighted by molar-refractivity contribution is -0.136. The molecule has 0 unspecified atom stereocenters. The second-order valence-corrected chi connectivity index (χ2v) is 6.27. The fourth-order valence-electron chi connectivity index (χ4n) is 2.20. The van der Waals surface area contributed by atoms with Gasteiger partial charge in [0.2, 0.25) is 5.91 Å². The van der Waals surface area contributed by atoms with Crippen molar-refractivity contribution in [2.75, 3.05) is 32.6 Å². The summed E-state index contributed by atoms with van der Waals surface area (Å²) in [5, 5.41) is 3.10. The molecule has 5 nitrogen and oxygen atoms in total. The molecular formula is C15H19ClN2O3S. The van der Waals surface area contributed by atoms with E-state index in [9.17, 15) is 9.59 Å². The molecular weight excluding hydrogens is 324 g/mol. The van der Waals surface area contributed by atoms with Crippen LogP contribution in [-0.4, -0.2) is 55.3 Å². The van der Waals surface area contributed by atoms with Crippen molar-refractivity contribution in [2.24, 2.45) is 0 Å². The monoisotopic (exact) mass is 342 g/mol. The number of carbonyl (C=O) groups is 2. The first-order valence-corrected chi connectivity index (χ1v) is 8.64. The Morgan fingerprint density at radius 2 is 2.05 bits per heavy atom. The Morgan fingerprint density at radius 1 is 1.36 bits per heavy atom. The maximum atomic E-state index is 12.3. The van der Waals surface area contributed by atoms with Crippen LogP contribution in [0.15, 0.2) is 23.1 Å². The van der Waals surface area contributed by atoms with Crippen LogP contribution in [0.3, 0.4) is 0 Å². The molecule has 0 bridgehead atoms. The van der Waals surface area contributed by atoms with Gasteiger partial charge in [0.15, 0.2) is 0 Å². The molecule has 0 spiro atoms. The normalized spacial score (nSPS) is 16.2. The summed E-state index contributed by atoms with van der Waals surface area (Å²) in [5.41, 5.74) is 0.384. The SMILES string of the molecule is CSc1ccc(Cl)c(C(=O)N[C@@H](C)C(=O)N2CCOCC2)c1. The Balaban J connectivity index is 2.03. The number of carbonyl (C=O) groups excluding carboxylic acids is 2. The number of halogens is 1. The van der Waals surface area contributed by atoms with Crippen molar-refractivity contribution in [3.8, 4) is 0 Å².